The van der Waals surface area contributed by atoms with Gasteiger partial charge in [0.15, 0.2) is 0 Å². The number of carbonyl (C=O) groups excluding carboxylic acids is 2. The van der Waals surface area contributed by atoms with E-state index in [2.05, 4.69) is 5.32 Å². The first-order valence-electron chi connectivity index (χ1n) is 10.8. The zero-order chi connectivity index (χ0) is 26.5. The van der Waals surface area contributed by atoms with Gasteiger partial charge in [0, 0.05) is 23.6 Å². The van der Waals surface area contributed by atoms with Crippen molar-refractivity contribution >= 4 is 50.7 Å². The molecule has 190 valence electrons. The molecule has 0 saturated heterocycles. The maximum Gasteiger partial charge on any atom is 0.264 e. The molecule has 1 N–H and O–H groups in total. The molecular formula is C25H24Cl2FN3O4S. The third kappa shape index (κ3) is 6.54. The van der Waals surface area contributed by atoms with Crippen LogP contribution in [0.3, 0.4) is 0 Å². The molecule has 2 amide bonds. The molecule has 0 saturated carbocycles. The molecule has 0 radical (unpaired) electrons. The van der Waals surface area contributed by atoms with E-state index in [1.165, 1.54) is 73.5 Å². The van der Waals surface area contributed by atoms with E-state index >= 15 is 0 Å². The smallest absolute Gasteiger partial charge is 0.264 e. The Morgan fingerprint density at radius 1 is 0.972 bits per heavy atom. The Hall–Kier alpha value is -3.14. The Bertz CT molecular complexity index is 1320. The van der Waals surface area contributed by atoms with E-state index < -0.39 is 40.2 Å². The molecule has 0 unspecified atom stereocenters. The third-order valence-electron chi connectivity index (χ3n) is 5.43. The maximum absolute atomic E-state index is 13.6. The molecule has 11 heteroatoms. The SMILES string of the molecule is CNC(=O)[C@@H](C)N(Cc1ccc(F)cc1)C(=O)CN(c1cc(Cl)cc(Cl)c1)S(=O)(=O)c1ccccc1. The van der Waals surface area contributed by atoms with Crippen LogP contribution in [0.15, 0.2) is 77.7 Å². The van der Waals surface area contributed by atoms with E-state index in [9.17, 15) is 22.4 Å². The van der Waals surface area contributed by atoms with Gasteiger partial charge in [0.1, 0.15) is 18.4 Å². The normalized spacial score (nSPS) is 12.0. The fraction of sp³-hybridized carbons (Fsp3) is 0.200. The van der Waals surface area contributed by atoms with Crippen LogP contribution in [0.2, 0.25) is 10.0 Å². The number of benzene rings is 3. The van der Waals surface area contributed by atoms with E-state index in [-0.39, 0.29) is 27.2 Å². The zero-order valence-electron chi connectivity index (χ0n) is 19.5. The lowest BCUT2D eigenvalue weighted by Gasteiger charge is -2.31. The lowest BCUT2D eigenvalue weighted by Crippen LogP contribution is -2.50. The van der Waals surface area contributed by atoms with Crippen molar-refractivity contribution in [2.45, 2.75) is 24.4 Å². The standard InChI is InChI=1S/C25H24Cl2FN3O4S/c1-17(25(33)29-2)30(15-18-8-10-21(28)11-9-18)24(32)16-31(22-13-19(26)12-20(27)14-22)36(34,35)23-6-4-3-5-7-23/h3-14,17H,15-16H2,1-2H3,(H,29,33)/t17-/m1/s1. The van der Waals surface area contributed by atoms with E-state index in [4.69, 9.17) is 23.2 Å². The zero-order valence-corrected chi connectivity index (χ0v) is 21.8. The summed E-state index contributed by atoms with van der Waals surface area (Å²) in [5.41, 5.74) is 0.641. The van der Waals surface area contributed by atoms with Crippen molar-refractivity contribution < 1.29 is 22.4 Å². The van der Waals surface area contributed by atoms with Crippen molar-refractivity contribution in [2.75, 3.05) is 17.9 Å². The molecule has 0 aromatic heterocycles. The van der Waals surface area contributed by atoms with Crippen LogP contribution >= 0.6 is 23.2 Å². The Balaban J connectivity index is 2.05. The molecule has 0 fully saturated rings. The van der Waals surface area contributed by atoms with Gasteiger partial charge in [-0.25, -0.2) is 12.8 Å². The second kappa shape index (κ2) is 11.7. The molecule has 3 aromatic carbocycles. The summed E-state index contributed by atoms with van der Waals surface area (Å²) >= 11 is 12.3. The van der Waals surface area contributed by atoms with Crippen LogP contribution in [0.5, 0.6) is 0 Å². The second-order valence-electron chi connectivity index (χ2n) is 7.89. The number of halogens is 3. The largest absolute Gasteiger partial charge is 0.357 e. The Morgan fingerprint density at radius 3 is 2.11 bits per heavy atom. The van der Waals surface area contributed by atoms with Gasteiger partial charge in [-0.1, -0.05) is 53.5 Å². The Morgan fingerprint density at radius 2 is 1.56 bits per heavy atom. The number of nitrogens with zero attached hydrogens (tertiary/aromatic N) is 2. The highest BCUT2D eigenvalue weighted by Gasteiger charge is 2.32. The molecule has 3 aromatic rings. The number of sulfonamides is 1. The van der Waals surface area contributed by atoms with Crippen molar-refractivity contribution in [3.05, 3.63) is 94.2 Å². The topological polar surface area (TPSA) is 86.8 Å². The van der Waals surface area contributed by atoms with Crippen LogP contribution in [0.1, 0.15) is 12.5 Å². The van der Waals surface area contributed by atoms with E-state index in [1.54, 1.807) is 18.2 Å². The first kappa shape index (κ1) is 27.4. The van der Waals surface area contributed by atoms with E-state index in [0.29, 0.717) is 5.56 Å². The van der Waals surface area contributed by atoms with Gasteiger partial charge in [0.2, 0.25) is 11.8 Å². The summed E-state index contributed by atoms with van der Waals surface area (Å²) in [5.74, 6) is -1.56. The van der Waals surface area contributed by atoms with Gasteiger partial charge < -0.3 is 10.2 Å². The van der Waals surface area contributed by atoms with Crippen LogP contribution in [0.25, 0.3) is 0 Å². The molecule has 0 heterocycles. The molecule has 36 heavy (non-hydrogen) atoms. The molecule has 3 rings (SSSR count). The predicted octanol–water partition coefficient (Wildman–Crippen LogP) is 4.49. The van der Waals surface area contributed by atoms with Gasteiger partial charge in [0.05, 0.1) is 10.6 Å². The second-order valence-corrected chi connectivity index (χ2v) is 10.6. The summed E-state index contributed by atoms with van der Waals surface area (Å²) in [4.78, 5) is 27.2. The van der Waals surface area contributed by atoms with Crippen LogP contribution < -0.4 is 9.62 Å². The van der Waals surface area contributed by atoms with Crippen molar-refractivity contribution in [1.29, 1.82) is 0 Å². The number of anilines is 1. The fourth-order valence-corrected chi connectivity index (χ4v) is 5.44. The number of rotatable bonds is 9. The van der Waals surface area contributed by atoms with Gasteiger partial charge in [-0.05, 0) is 55.0 Å². The van der Waals surface area contributed by atoms with Gasteiger partial charge in [-0.15, -0.1) is 0 Å². The first-order chi connectivity index (χ1) is 17.0. The molecule has 0 aliphatic rings. The van der Waals surface area contributed by atoms with Gasteiger partial charge in [-0.2, -0.15) is 0 Å². The van der Waals surface area contributed by atoms with Gasteiger partial charge in [0.25, 0.3) is 10.0 Å². The van der Waals surface area contributed by atoms with Crippen molar-refractivity contribution in [2.24, 2.45) is 0 Å². The highest BCUT2D eigenvalue weighted by atomic mass is 35.5. The predicted molar refractivity (Wildman–Crippen MR) is 138 cm³/mol. The minimum Gasteiger partial charge on any atom is -0.357 e. The quantitative estimate of drug-likeness (QED) is 0.424. The molecule has 0 bridgehead atoms. The highest BCUT2D eigenvalue weighted by molar-refractivity contribution is 7.92. The molecule has 0 aliphatic heterocycles. The van der Waals surface area contributed by atoms with Crippen molar-refractivity contribution in [1.82, 2.24) is 10.2 Å². The Kier molecular flexibility index (Phi) is 8.94. The average molecular weight is 552 g/mol. The van der Waals surface area contributed by atoms with Crippen LogP contribution in [-0.4, -0.2) is 44.8 Å². The number of nitrogens with one attached hydrogen (secondary N) is 1. The molecule has 0 spiro atoms. The first-order valence-corrected chi connectivity index (χ1v) is 13.0. The summed E-state index contributed by atoms with van der Waals surface area (Å²) in [6.07, 6.45) is 0. The van der Waals surface area contributed by atoms with Gasteiger partial charge >= 0.3 is 0 Å². The van der Waals surface area contributed by atoms with Crippen LogP contribution in [-0.2, 0) is 26.2 Å². The monoisotopic (exact) mass is 551 g/mol. The third-order valence-corrected chi connectivity index (χ3v) is 7.65. The maximum atomic E-state index is 13.6. The van der Waals surface area contributed by atoms with E-state index in [1.807, 2.05) is 0 Å². The minimum absolute atomic E-state index is 0.0432. The summed E-state index contributed by atoms with van der Waals surface area (Å²) in [5, 5.41) is 2.85. The number of carbonyl (C=O) groups is 2. The summed E-state index contributed by atoms with van der Waals surface area (Å²) in [7, 11) is -2.80. The lowest BCUT2D eigenvalue weighted by atomic mass is 10.1. The average Bonchev–Trinajstić information content (AvgIpc) is 2.85. The lowest BCUT2D eigenvalue weighted by molar-refractivity contribution is -0.139. The number of amides is 2. The molecule has 0 aliphatic carbocycles. The summed E-state index contributed by atoms with van der Waals surface area (Å²) in [6, 6.07) is 16.3. The van der Waals surface area contributed by atoms with Crippen molar-refractivity contribution in [3.8, 4) is 0 Å². The van der Waals surface area contributed by atoms with Crippen LogP contribution in [0.4, 0.5) is 10.1 Å². The number of hydrogen-bond donors (Lipinski definition) is 1. The van der Waals surface area contributed by atoms with Crippen molar-refractivity contribution in [3.63, 3.8) is 0 Å². The summed E-state index contributed by atoms with van der Waals surface area (Å²) in [6.45, 7) is 0.826. The fourth-order valence-electron chi connectivity index (χ4n) is 3.51. The summed E-state index contributed by atoms with van der Waals surface area (Å²) < 4.78 is 41.5. The molecular weight excluding hydrogens is 528 g/mol. The van der Waals surface area contributed by atoms with Gasteiger partial charge in [-0.3, -0.25) is 13.9 Å². The Labute approximate surface area is 219 Å². The van der Waals surface area contributed by atoms with E-state index in [0.717, 1.165) is 4.31 Å². The highest BCUT2D eigenvalue weighted by Crippen LogP contribution is 2.30. The number of hydrogen-bond acceptors (Lipinski definition) is 4. The molecule has 1 atom stereocenters. The van der Waals surface area contributed by atoms with Crippen LogP contribution in [0, 0.1) is 5.82 Å². The number of likely N-dealkylation sites (N-methyl/N-ethyl adjacent to an activating group) is 1. The minimum atomic E-state index is -4.23. The molecule has 7 nitrogen and oxygen atoms in total.